The topological polar surface area (TPSA) is 84.2 Å². The minimum atomic E-state index is -0.291. The van der Waals surface area contributed by atoms with Gasteiger partial charge in [0.25, 0.3) is 5.56 Å². The summed E-state index contributed by atoms with van der Waals surface area (Å²) in [6, 6.07) is 1.52. The number of rotatable bonds is 2. The molecule has 1 aromatic heterocycles. The van der Waals surface area contributed by atoms with Crippen LogP contribution in [-0.4, -0.2) is 41.3 Å². The molecular formula is C12H20N4O2. The predicted octanol–water partition coefficient (Wildman–Crippen LogP) is 0.0208. The molecule has 2 rings (SSSR count). The number of hydrogen-bond acceptors (Lipinski definition) is 5. The molecule has 1 aliphatic heterocycles. The average molecular weight is 252 g/mol. The second kappa shape index (κ2) is 4.70. The van der Waals surface area contributed by atoms with Crippen molar-refractivity contribution in [3.8, 4) is 0 Å². The molecule has 100 valence electrons. The predicted molar refractivity (Wildman–Crippen MR) is 69.8 cm³/mol. The van der Waals surface area contributed by atoms with E-state index in [4.69, 9.17) is 10.5 Å². The van der Waals surface area contributed by atoms with E-state index in [2.05, 4.69) is 14.9 Å². The van der Waals surface area contributed by atoms with Crippen molar-refractivity contribution >= 4 is 5.82 Å². The van der Waals surface area contributed by atoms with Gasteiger partial charge < -0.3 is 20.4 Å². The second-order valence-corrected chi connectivity index (χ2v) is 5.30. The zero-order valence-corrected chi connectivity index (χ0v) is 11.1. The molecule has 1 atom stereocenters. The van der Waals surface area contributed by atoms with E-state index in [1.807, 2.05) is 13.8 Å². The van der Waals surface area contributed by atoms with E-state index in [0.29, 0.717) is 31.3 Å². The Kier molecular flexibility index (Phi) is 3.41. The van der Waals surface area contributed by atoms with Crippen LogP contribution in [0.15, 0.2) is 10.9 Å². The summed E-state index contributed by atoms with van der Waals surface area (Å²) in [6.45, 7) is 7.62. The molecule has 3 N–H and O–H groups in total. The lowest BCUT2D eigenvalue weighted by molar-refractivity contribution is -0.0790. The lowest BCUT2D eigenvalue weighted by atomic mass is 10.1. The maximum Gasteiger partial charge on any atom is 0.252 e. The minimum Gasteiger partial charge on any atom is -0.367 e. The van der Waals surface area contributed by atoms with Crippen molar-refractivity contribution < 1.29 is 4.74 Å². The number of aromatic nitrogens is 2. The molecule has 0 aromatic carbocycles. The lowest BCUT2D eigenvalue weighted by Gasteiger charge is -2.43. The number of nitrogens with one attached hydrogen (secondary N) is 1. The minimum absolute atomic E-state index is 0.0323. The number of ether oxygens (including phenoxy) is 1. The van der Waals surface area contributed by atoms with Crippen molar-refractivity contribution in [3.63, 3.8) is 0 Å². The first-order chi connectivity index (χ1) is 8.39. The van der Waals surface area contributed by atoms with Gasteiger partial charge >= 0.3 is 0 Å². The van der Waals surface area contributed by atoms with Gasteiger partial charge in [-0.3, -0.25) is 4.79 Å². The molecule has 6 nitrogen and oxygen atoms in total. The highest BCUT2D eigenvalue weighted by molar-refractivity contribution is 5.39. The average Bonchev–Trinajstić information content (AvgIpc) is 2.25. The molecule has 0 saturated carbocycles. The summed E-state index contributed by atoms with van der Waals surface area (Å²) in [4.78, 5) is 20.6. The highest BCUT2D eigenvalue weighted by Crippen LogP contribution is 2.23. The Bertz CT molecular complexity index is 483. The van der Waals surface area contributed by atoms with E-state index in [1.54, 1.807) is 6.92 Å². The monoisotopic (exact) mass is 252 g/mol. The molecule has 2 heterocycles. The fourth-order valence-electron chi connectivity index (χ4n) is 2.32. The van der Waals surface area contributed by atoms with Gasteiger partial charge in [0, 0.05) is 25.7 Å². The molecule has 0 spiro atoms. The number of nitrogens with two attached hydrogens (primary N) is 1. The van der Waals surface area contributed by atoms with Crippen LogP contribution < -0.4 is 16.2 Å². The number of H-pyrrole nitrogens is 1. The maximum absolute atomic E-state index is 11.5. The van der Waals surface area contributed by atoms with Crippen LogP contribution in [0.25, 0.3) is 0 Å². The van der Waals surface area contributed by atoms with Crippen molar-refractivity contribution in [2.24, 2.45) is 5.73 Å². The Morgan fingerprint density at radius 1 is 1.67 bits per heavy atom. The van der Waals surface area contributed by atoms with Gasteiger partial charge in [-0.2, -0.15) is 0 Å². The Morgan fingerprint density at radius 3 is 3.00 bits per heavy atom. The van der Waals surface area contributed by atoms with Crippen LogP contribution in [-0.2, 0) is 4.74 Å². The van der Waals surface area contributed by atoms with E-state index in [-0.39, 0.29) is 17.3 Å². The second-order valence-electron chi connectivity index (χ2n) is 5.30. The third kappa shape index (κ3) is 2.88. The Labute approximate surface area is 106 Å². The summed E-state index contributed by atoms with van der Waals surface area (Å²) >= 11 is 0. The highest BCUT2D eigenvalue weighted by Gasteiger charge is 2.33. The van der Waals surface area contributed by atoms with Gasteiger partial charge in [-0.15, -0.1) is 0 Å². The van der Waals surface area contributed by atoms with Gasteiger partial charge in [0.1, 0.15) is 11.6 Å². The van der Waals surface area contributed by atoms with Crippen molar-refractivity contribution in [2.75, 3.05) is 24.5 Å². The maximum atomic E-state index is 11.5. The molecule has 1 fully saturated rings. The standard InChI is InChI=1S/C12H20N4O2/c1-8-14-10(4-11(17)15-8)16-6-9(5-13)18-12(2,3)7-16/h4,9H,5-7,13H2,1-3H3,(H,14,15,17). The molecule has 0 radical (unpaired) electrons. The summed E-state index contributed by atoms with van der Waals surface area (Å²) in [6.07, 6.45) is -0.0323. The van der Waals surface area contributed by atoms with E-state index in [9.17, 15) is 4.79 Å². The number of hydrogen-bond donors (Lipinski definition) is 2. The van der Waals surface area contributed by atoms with Crippen LogP contribution >= 0.6 is 0 Å². The van der Waals surface area contributed by atoms with Gasteiger partial charge in [-0.25, -0.2) is 4.98 Å². The number of morpholine rings is 1. The molecule has 0 bridgehead atoms. The Hall–Kier alpha value is -1.40. The third-order valence-electron chi connectivity index (χ3n) is 2.91. The molecule has 1 unspecified atom stereocenters. The van der Waals surface area contributed by atoms with Crippen LogP contribution in [0.4, 0.5) is 5.82 Å². The molecule has 18 heavy (non-hydrogen) atoms. The molecule has 1 saturated heterocycles. The van der Waals surface area contributed by atoms with E-state index >= 15 is 0 Å². The van der Waals surface area contributed by atoms with Gasteiger partial charge in [0.05, 0.1) is 11.7 Å². The van der Waals surface area contributed by atoms with Crippen molar-refractivity contribution in [1.29, 1.82) is 0 Å². The fourth-order valence-corrected chi connectivity index (χ4v) is 2.32. The van der Waals surface area contributed by atoms with Gasteiger partial charge in [0.2, 0.25) is 0 Å². The number of aromatic amines is 1. The SMILES string of the molecule is Cc1nc(N2CC(CN)OC(C)(C)C2)cc(=O)[nH]1. The first kappa shape index (κ1) is 13.0. The largest absolute Gasteiger partial charge is 0.367 e. The highest BCUT2D eigenvalue weighted by atomic mass is 16.5. The van der Waals surface area contributed by atoms with Crippen LogP contribution in [0.1, 0.15) is 19.7 Å². The van der Waals surface area contributed by atoms with Crippen molar-refractivity contribution in [1.82, 2.24) is 9.97 Å². The fraction of sp³-hybridized carbons (Fsp3) is 0.667. The Balaban J connectivity index is 2.28. The normalized spacial score (nSPS) is 23.1. The van der Waals surface area contributed by atoms with Crippen molar-refractivity contribution in [3.05, 3.63) is 22.2 Å². The van der Waals surface area contributed by atoms with E-state index < -0.39 is 0 Å². The molecule has 0 aliphatic carbocycles. The summed E-state index contributed by atoms with van der Waals surface area (Å²) in [5, 5.41) is 0. The summed E-state index contributed by atoms with van der Waals surface area (Å²) in [5.41, 5.74) is 5.26. The number of anilines is 1. The number of nitrogens with zero attached hydrogens (tertiary/aromatic N) is 2. The smallest absolute Gasteiger partial charge is 0.252 e. The van der Waals surface area contributed by atoms with Gasteiger partial charge in [0.15, 0.2) is 0 Å². The lowest BCUT2D eigenvalue weighted by Crippen LogP contribution is -2.55. The molecular weight excluding hydrogens is 232 g/mol. The van der Waals surface area contributed by atoms with Crippen LogP contribution in [0, 0.1) is 6.92 Å². The van der Waals surface area contributed by atoms with Gasteiger partial charge in [-0.1, -0.05) is 0 Å². The summed E-state index contributed by atoms with van der Waals surface area (Å²) in [7, 11) is 0. The summed E-state index contributed by atoms with van der Waals surface area (Å²) < 4.78 is 5.85. The Morgan fingerprint density at radius 2 is 2.39 bits per heavy atom. The molecule has 1 aliphatic rings. The zero-order valence-electron chi connectivity index (χ0n) is 11.1. The molecule has 0 amide bonds. The van der Waals surface area contributed by atoms with Gasteiger partial charge in [-0.05, 0) is 20.8 Å². The quantitative estimate of drug-likeness (QED) is 0.775. The summed E-state index contributed by atoms with van der Waals surface area (Å²) in [5.74, 6) is 1.30. The van der Waals surface area contributed by atoms with E-state index in [0.717, 1.165) is 0 Å². The van der Waals surface area contributed by atoms with Crippen LogP contribution in [0.3, 0.4) is 0 Å². The van der Waals surface area contributed by atoms with Crippen LogP contribution in [0.5, 0.6) is 0 Å². The first-order valence-corrected chi connectivity index (χ1v) is 6.10. The van der Waals surface area contributed by atoms with Crippen molar-refractivity contribution in [2.45, 2.75) is 32.5 Å². The van der Waals surface area contributed by atoms with E-state index in [1.165, 1.54) is 6.07 Å². The zero-order chi connectivity index (χ0) is 13.3. The first-order valence-electron chi connectivity index (χ1n) is 6.10. The third-order valence-corrected chi connectivity index (χ3v) is 2.91. The molecule has 1 aromatic rings. The molecule has 6 heteroatoms. The van der Waals surface area contributed by atoms with Crippen LogP contribution in [0.2, 0.25) is 0 Å². The number of aryl methyl sites for hydroxylation is 1.